The normalized spacial score (nSPS) is 11.6. The number of nitrogens with zero attached hydrogens (tertiary/aromatic N) is 2. The third-order valence-corrected chi connectivity index (χ3v) is 2.82. The number of halogens is 3. The highest BCUT2D eigenvalue weighted by Gasteiger charge is 2.30. The third-order valence-electron chi connectivity index (χ3n) is 2.82. The molecular formula is C13H14F3N3. The number of alkyl halides is 3. The summed E-state index contributed by atoms with van der Waals surface area (Å²) in [6.45, 7) is 0.556. The zero-order valence-electron chi connectivity index (χ0n) is 10.4. The van der Waals surface area contributed by atoms with Crippen LogP contribution in [0.1, 0.15) is 11.3 Å². The predicted octanol–water partition coefficient (Wildman–Crippen LogP) is 3.09. The average Bonchev–Trinajstić information content (AvgIpc) is 2.75. The Morgan fingerprint density at radius 2 is 2.05 bits per heavy atom. The molecule has 0 atom stereocenters. The molecule has 0 radical (unpaired) electrons. The molecule has 6 heteroatoms. The fourth-order valence-corrected chi connectivity index (χ4v) is 1.79. The molecule has 0 amide bonds. The molecule has 1 aromatic heterocycles. The van der Waals surface area contributed by atoms with Crippen molar-refractivity contribution in [1.82, 2.24) is 9.78 Å². The number of rotatable bonds is 4. The van der Waals surface area contributed by atoms with Crippen LogP contribution in [0.5, 0.6) is 0 Å². The van der Waals surface area contributed by atoms with Crippen LogP contribution in [0.3, 0.4) is 0 Å². The van der Waals surface area contributed by atoms with Crippen LogP contribution in [0.2, 0.25) is 0 Å². The van der Waals surface area contributed by atoms with E-state index in [1.54, 1.807) is 16.9 Å². The summed E-state index contributed by atoms with van der Waals surface area (Å²) >= 11 is 0. The Balaban J connectivity index is 1.95. The molecule has 0 fully saturated rings. The summed E-state index contributed by atoms with van der Waals surface area (Å²) in [4.78, 5) is 0. The number of hydrogen-bond donors (Lipinski definition) is 1. The molecule has 2 aromatic rings. The van der Waals surface area contributed by atoms with E-state index >= 15 is 0 Å². The number of nitrogens with one attached hydrogen (secondary N) is 1. The maximum absolute atomic E-state index is 12.5. The van der Waals surface area contributed by atoms with Gasteiger partial charge in [0, 0.05) is 37.6 Å². The molecule has 1 heterocycles. The highest BCUT2D eigenvalue weighted by atomic mass is 19.4. The summed E-state index contributed by atoms with van der Waals surface area (Å²) in [5, 5.41) is 7.01. The van der Waals surface area contributed by atoms with Gasteiger partial charge < -0.3 is 5.32 Å². The Hall–Kier alpha value is -1.98. The number of anilines is 1. The Labute approximate surface area is 109 Å². The van der Waals surface area contributed by atoms with Gasteiger partial charge >= 0.3 is 6.18 Å². The lowest BCUT2D eigenvalue weighted by molar-refractivity contribution is -0.137. The van der Waals surface area contributed by atoms with Gasteiger partial charge in [-0.25, -0.2) is 0 Å². The summed E-state index contributed by atoms with van der Waals surface area (Å²) in [5.74, 6) is 0. The topological polar surface area (TPSA) is 29.9 Å². The first-order chi connectivity index (χ1) is 8.97. The molecule has 0 bridgehead atoms. The van der Waals surface area contributed by atoms with Gasteiger partial charge in [-0.05, 0) is 24.3 Å². The van der Waals surface area contributed by atoms with E-state index in [-0.39, 0.29) is 0 Å². The summed E-state index contributed by atoms with van der Waals surface area (Å²) in [6.07, 6.45) is -1.91. The fraction of sp³-hybridized carbons (Fsp3) is 0.308. The summed E-state index contributed by atoms with van der Waals surface area (Å²) in [7, 11) is 1.83. The molecule has 0 aliphatic carbocycles. The van der Waals surface area contributed by atoms with Crippen molar-refractivity contribution in [3.05, 3.63) is 47.8 Å². The van der Waals surface area contributed by atoms with Crippen molar-refractivity contribution in [2.24, 2.45) is 7.05 Å². The molecule has 0 spiro atoms. The second kappa shape index (κ2) is 5.34. The maximum atomic E-state index is 12.5. The van der Waals surface area contributed by atoms with Gasteiger partial charge in [-0.1, -0.05) is 6.07 Å². The first-order valence-electron chi connectivity index (χ1n) is 5.85. The number of benzene rings is 1. The number of aromatic nitrogens is 2. The molecule has 0 saturated carbocycles. The lowest BCUT2D eigenvalue weighted by Crippen LogP contribution is -2.10. The summed E-state index contributed by atoms with van der Waals surface area (Å²) < 4.78 is 39.3. The van der Waals surface area contributed by atoms with Gasteiger partial charge in [0.15, 0.2) is 0 Å². The first-order valence-corrected chi connectivity index (χ1v) is 5.85. The van der Waals surface area contributed by atoms with Gasteiger partial charge in [0.25, 0.3) is 0 Å². The highest BCUT2D eigenvalue weighted by molar-refractivity contribution is 5.46. The van der Waals surface area contributed by atoms with E-state index < -0.39 is 11.7 Å². The molecule has 3 nitrogen and oxygen atoms in total. The van der Waals surface area contributed by atoms with Crippen LogP contribution in [0.25, 0.3) is 0 Å². The zero-order valence-corrected chi connectivity index (χ0v) is 10.4. The van der Waals surface area contributed by atoms with Crippen molar-refractivity contribution >= 4 is 5.69 Å². The van der Waals surface area contributed by atoms with E-state index in [0.717, 1.165) is 17.8 Å². The van der Waals surface area contributed by atoms with Gasteiger partial charge in [0.2, 0.25) is 0 Å². The van der Waals surface area contributed by atoms with Crippen molar-refractivity contribution in [1.29, 1.82) is 0 Å². The predicted molar refractivity (Wildman–Crippen MR) is 66.8 cm³/mol. The van der Waals surface area contributed by atoms with Crippen molar-refractivity contribution in [2.75, 3.05) is 11.9 Å². The van der Waals surface area contributed by atoms with E-state index in [2.05, 4.69) is 10.4 Å². The van der Waals surface area contributed by atoms with Crippen molar-refractivity contribution in [2.45, 2.75) is 12.6 Å². The molecule has 0 saturated heterocycles. The van der Waals surface area contributed by atoms with E-state index in [4.69, 9.17) is 0 Å². The Morgan fingerprint density at radius 1 is 1.26 bits per heavy atom. The van der Waals surface area contributed by atoms with Crippen molar-refractivity contribution < 1.29 is 13.2 Å². The lowest BCUT2D eigenvalue weighted by atomic mass is 10.2. The smallest absolute Gasteiger partial charge is 0.385 e. The fourth-order valence-electron chi connectivity index (χ4n) is 1.79. The monoisotopic (exact) mass is 269 g/mol. The van der Waals surface area contributed by atoms with Crippen LogP contribution in [-0.4, -0.2) is 16.3 Å². The minimum Gasteiger partial charge on any atom is -0.385 e. The standard InChI is InChI=1S/C13H14F3N3/c1-19-12(6-8-18-19)5-7-17-11-4-2-3-10(9-11)13(14,15)16/h2-4,6,8-9,17H,5,7H2,1H3. The Kier molecular flexibility index (Phi) is 3.78. The molecule has 102 valence electrons. The molecule has 1 N–H and O–H groups in total. The lowest BCUT2D eigenvalue weighted by Gasteiger charge is -2.10. The Morgan fingerprint density at radius 3 is 2.68 bits per heavy atom. The van der Waals surface area contributed by atoms with Crippen LogP contribution in [0.4, 0.5) is 18.9 Å². The first kappa shape index (κ1) is 13.5. The maximum Gasteiger partial charge on any atom is 0.416 e. The molecule has 0 aliphatic rings. The molecular weight excluding hydrogens is 255 g/mol. The minimum absolute atomic E-state index is 0.469. The quantitative estimate of drug-likeness (QED) is 0.924. The molecule has 2 rings (SSSR count). The average molecular weight is 269 g/mol. The van der Waals surface area contributed by atoms with E-state index in [0.29, 0.717) is 18.7 Å². The largest absolute Gasteiger partial charge is 0.416 e. The molecule has 1 aromatic carbocycles. The summed E-state index contributed by atoms with van der Waals surface area (Å²) in [6, 6.07) is 7.08. The van der Waals surface area contributed by atoms with E-state index in [9.17, 15) is 13.2 Å². The molecule has 0 unspecified atom stereocenters. The van der Waals surface area contributed by atoms with Crippen LogP contribution in [0.15, 0.2) is 36.5 Å². The SMILES string of the molecule is Cn1nccc1CCNc1cccc(C(F)(F)F)c1. The van der Waals surface area contributed by atoms with Gasteiger partial charge in [-0.2, -0.15) is 18.3 Å². The second-order valence-electron chi connectivity index (χ2n) is 4.20. The molecule has 0 aliphatic heterocycles. The van der Waals surface area contributed by atoms with Crippen molar-refractivity contribution in [3.63, 3.8) is 0 Å². The number of hydrogen-bond acceptors (Lipinski definition) is 2. The van der Waals surface area contributed by atoms with E-state index in [1.807, 2.05) is 13.1 Å². The van der Waals surface area contributed by atoms with E-state index in [1.165, 1.54) is 6.07 Å². The van der Waals surface area contributed by atoms with Crippen LogP contribution >= 0.6 is 0 Å². The van der Waals surface area contributed by atoms with Gasteiger partial charge in [-0.3, -0.25) is 4.68 Å². The third kappa shape index (κ3) is 3.49. The van der Waals surface area contributed by atoms with Gasteiger partial charge in [-0.15, -0.1) is 0 Å². The Bertz CT molecular complexity index is 546. The van der Waals surface area contributed by atoms with Crippen LogP contribution in [-0.2, 0) is 19.6 Å². The van der Waals surface area contributed by atoms with Gasteiger partial charge in [0.05, 0.1) is 5.56 Å². The van der Waals surface area contributed by atoms with Crippen molar-refractivity contribution in [3.8, 4) is 0 Å². The minimum atomic E-state index is -4.31. The van der Waals surface area contributed by atoms with Crippen LogP contribution in [0, 0.1) is 0 Å². The van der Waals surface area contributed by atoms with Gasteiger partial charge in [0.1, 0.15) is 0 Å². The highest BCUT2D eigenvalue weighted by Crippen LogP contribution is 2.30. The molecule has 19 heavy (non-hydrogen) atoms. The van der Waals surface area contributed by atoms with Crippen LogP contribution < -0.4 is 5.32 Å². The number of aryl methyl sites for hydroxylation is 1. The zero-order chi connectivity index (χ0) is 13.9. The summed E-state index contributed by atoms with van der Waals surface area (Å²) in [5.41, 5.74) is 0.856. The second-order valence-corrected chi connectivity index (χ2v) is 4.20.